The molecule has 122 valence electrons. The number of pyridine rings is 1. The quantitative estimate of drug-likeness (QED) is 0.550. The molecule has 0 atom stereocenters. The second kappa shape index (κ2) is 6.98. The third-order valence-electron chi connectivity index (χ3n) is 3.08. The van der Waals surface area contributed by atoms with Crippen LogP contribution in [0.15, 0.2) is 47.3 Å². The molecule has 0 saturated carbocycles. The number of aromatic nitrogens is 3. The molecule has 24 heavy (non-hydrogen) atoms. The average Bonchev–Trinajstić information content (AvgIpc) is 2.55. The minimum Gasteiger partial charge on any atom is -0.393 e. The number of nitrogen functional groups attached to an aromatic ring is 1. The number of nitrogens with one attached hydrogen (secondary N) is 2. The van der Waals surface area contributed by atoms with Gasteiger partial charge in [-0.2, -0.15) is 0 Å². The predicted octanol–water partition coefficient (Wildman–Crippen LogP) is 4.50. The zero-order valence-corrected chi connectivity index (χ0v) is 14.4. The molecule has 0 fully saturated rings. The first-order valence-electron chi connectivity index (χ1n) is 6.74. The number of rotatable bonds is 4. The normalized spacial score (nSPS) is 10.5. The van der Waals surface area contributed by atoms with Gasteiger partial charge in [0.15, 0.2) is 16.8 Å². The molecule has 0 aliphatic heterocycles. The summed E-state index contributed by atoms with van der Waals surface area (Å²) in [7, 11) is 0. The maximum absolute atomic E-state index is 14.0. The smallest absolute Gasteiger partial charge is 0.159 e. The summed E-state index contributed by atoms with van der Waals surface area (Å²) in [6, 6.07) is 8.08. The van der Waals surface area contributed by atoms with Crippen molar-refractivity contribution in [2.24, 2.45) is 0 Å². The van der Waals surface area contributed by atoms with Crippen molar-refractivity contribution in [2.75, 3.05) is 16.4 Å². The van der Waals surface area contributed by atoms with Crippen molar-refractivity contribution in [3.05, 3.63) is 58.3 Å². The number of benzene rings is 1. The molecule has 0 bridgehead atoms. The number of nitrogens with two attached hydrogens (primary N) is 1. The van der Waals surface area contributed by atoms with Gasteiger partial charge in [-0.3, -0.25) is 0 Å². The van der Waals surface area contributed by atoms with Gasteiger partial charge in [-0.1, -0.05) is 27.5 Å². The number of halogens is 3. The molecule has 0 radical (unpaired) electrons. The molecule has 3 rings (SSSR count). The van der Waals surface area contributed by atoms with E-state index in [0.717, 1.165) is 0 Å². The van der Waals surface area contributed by atoms with Gasteiger partial charge < -0.3 is 16.4 Å². The Morgan fingerprint density at radius 3 is 2.42 bits per heavy atom. The Kier molecular flexibility index (Phi) is 4.77. The summed E-state index contributed by atoms with van der Waals surface area (Å²) in [6.07, 6.45) is 2.88. The van der Waals surface area contributed by atoms with Crippen molar-refractivity contribution in [3.63, 3.8) is 0 Å². The van der Waals surface area contributed by atoms with Gasteiger partial charge in [0.1, 0.15) is 17.8 Å². The maximum atomic E-state index is 14.0. The summed E-state index contributed by atoms with van der Waals surface area (Å²) in [5, 5.41) is 6.11. The van der Waals surface area contributed by atoms with Crippen LogP contribution in [0.1, 0.15) is 0 Å². The van der Waals surface area contributed by atoms with Gasteiger partial charge in [0.2, 0.25) is 0 Å². The van der Waals surface area contributed by atoms with Gasteiger partial charge in [-0.05, 0) is 30.3 Å². The monoisotopic (exact) mass is 408 g/mol. The maximum Gasteiger partial charge on any atom is 0.159 e. The molecule has 6 nitrogen and oxygen atoms in total. The first-order valence-corrected chi connectivity index (χ1v) is 7.92. The van der Waals surface area contributed by atoms with Crippen LogP contribution in [0, 0.1) is 5.82 Å². The van der Waals surface area contributed by atoms with Crippen molar-refractivity contribution >= 4 is 56.2 Å². The zero-order valence-electron chi connectivity index (χ0n) is 12.1. The van der Waals surface area contributed by atoms with E-state index in [1.54, 1.807) is 30.5 Å². The number of hydrogen-bond acceptors (Lipinski definition) is 6. The Hall–Kier alpha value is -2.45. The highest BCUT2D eigenvalue weighted by Gasteiger charge is 2.12. The van der Waals surface area contributed by atoms with Crippen molar-refractivity contribution in [3.8, 4) is 0 Å². The molecule has 0 amide bonds. The van der Waals surface area contributed by atoms with Crippen molar-refractivity contribution in [2.45, 2.75) is 0 Å². The van der Waals surface area contributed by atoms with Crippen LogP contribution in [-0.2, 0) is 0 Å². The minimum atomic E-state index is -0.438. The molecule has 0 aliphatic carbocycles. The molecule has 0 unspecified atom stereocenters. The van der Waals surface area contributed by atoms with Crippen LogP contribution in [0.25, 0.3) is 0 Å². The molecule has 2 aromatic heterocycles. The lowest BCUT2D eigenvalue weighted by molar-refractivity contribution is 0.631. The summed E-state index contributed by atoms with van der Waals surface area (Å²) in [5.41, 5.74) is 7.08. The number of hydrogen-bond donors (Lipinski definition) is 3. The second-order valence-corrected chi connectivity index (χ2v) is 5.97. The summed E-state index contributed by atoms with van der Waals surface area (Å²) < 4.78 is 14.6. The van der Waals surface area contributed by atoms with E-state index in [-0.39, 0.29) is 22.3 Å². The van der Waals surface area contributed by atoms with E-state index in [1.807, 2.05) is 0 Å². The first-order chi connectivity index (χ1) is 11.5. The van der Waals surface area contributed by atoms with Crippen LogP contribution >= 0.6 is 27.5 Å². The Balaban J connectivity index is 1.89. The van der Waals surface area contributed by atoms with Crippen molar-refractivity contribution in [1.82, 2.24) is 15.0 Å². The molecule has 9 heteroatoms. The third kappa shape index (κ3) is 3.55. The van der Waals surface area contributed by atoms with E-state index in [9.17, 15) is 4.39 Å². The summed E-state index contributed by atoms with van der Waals surface area (Å²) in [4.78, 5) is 12.1. The summed E-state index contributed by atoms with van der Waals surface area (Å²) in [5.74, 6) is 0.167. The molecule has 1 aromatic carbocycles. The second-order valence-electron chi connectivity index (χ2n) is 4.70. The molecule has 0 spiro atoms. The van der Waals surface area contributed by atoms with Gasteiger partial charge >= 0.3 is 0 Å². The predicted molar refractivity (Wildman–Crippen MR) is 96.4 cm³/mol. The summed E-state index contributed by atoms with van der Waals surface area (Å²) >= 11 is 9.21. The molecule has 4 N–H and O–H groups in total. The van der Waals surface area contributed by atoms with Crippen LogP contribution in [0.3, 0.4) is 0 Å². The fourth-order valence-corrected chi connectivity index (χ4v) is 2.42. The topological polar surface area (TPSA) is 88.8 Å². The molecular formula is C15H11BrClFN6. The van der Waals surface area contributed by atoms with E-state index in [4.69, 9.17) is 17.3 Å². The van der Waals surface area contributed by atoms with Gasteiger partial charge in [0, 0.05) is 10.7 Å². The third-order valence-corrected chi connectivity index (χ3v) is 3.87. The van der Waals surface area contributed by atoms with Gasteiger partial charge in [0.05, 0.1) is 11.4 Å². The highest BCUT2D eigenvalue weighted by molar-refractivity contribution is 9.10. The highest BCUT2D eigenvalue weighted by Crippen LogP contribution is 2.31. The summed E-state index contributed by atoms with van der Waals surface area (Å²) in [6.45, 7) is 0. The fourth-order valence-electron chi connectivity index (χ4n) is 1.92. The van der Waals surface area contributed by atoms with Crippen LogP contribution in [0.5, 0.6) is 0 Å². The van der Waals surface area contributed by atoms with E-state index in [0.29, 0.717) is 16.0 Å². The van der Waals surface area contributed by atoms with Crippen LogP contribution in [0.4, 0.5) is 33.1 Å². The Morgan fingerprint density at radius 1 is 1.04 bits per heavy atom. The Labute approximate surface area is 150 Å². The van der Waals surface area contributed by atoms with Gasteiger partial charge in [-0.25, -0.2) is 19.3 Å². The molecular weight excluding hydrogens is 399 g/mol. The van der Waals surface area contributed by atoms with Crippen LogP contribution in [-0.4, -0.2) is 15.0 Å². The van der Waals surface area contributed by atoms with E-state index >= 15 is 0 Å². The largest absolute Gasteiger partial charge is 0.393 e. The van der Waals surface area contributed by atoms with Crippen molar-refractivity contribution < 1.29 is 4.39 Å². The standard InChI is InChI=1S/C15H11BrClFN6/c16-8-3-4-10(9(18)6-8)23-14-12(19)15(22-7-21-14)24-11-2-1-5-20-13(11)17/h1-7H,19H2,(H2,21,22,23,24). The van der Waals surface area contributed by atoms with Gasteiger partial charge in [0.25, 0.3) is 0 Å². The Bertz CT molecular complexity index is 892. The Morgan fingerprint density at radius 2 is 1.75 bits per heavy atom. The first kappa shape index (κ1) is 16.4. The lowest BCUT2D eigenvalue weighted by atomic mass is 10.3. The van der Waals surface area contributed by atoms with E-state index in [1.165, 1.54) is 12.4 Å². The average molecular weight is 410 g/mol. The van der Waals surface area contributed by atoms with E-state index in [2.05, 4.69) is 41.5 Å². The number of anilines is 5. The lowest BCUT2D eigenvalue weighted by Crippen LogP contribution is -2.06. The molecule has 2 heterocycles. The number of nitrogens with zero attached hydrogens (tertiary/aromatic N) is 3. The van der Waals surface area contributed by atoms with Crippen LogP contribution < -0.4 is 16.4 Å². The van der Waals surface area contributed by atoms with Crippen LogP contribution in [0.2, 0.25) is 5.15 Å². The van der Waals surface area contributed by atoms with E-state index < -0.39 is 5.82 Å². The highest BCUT2D eigenvalue weighted by atomic mass is 79.9. The fraction of sp³-hybridized carbons (Fsp3) is 0. The SMILES string of the molecule is Nc1c(Nc2ccc(Br)cc2F)ncnc1Nc1cccnc1Cl. The molecule has 3 aromatic rings. The minimum absolute atomic E-state index is 0.222. The van der Waals surface area contributed by atoms with Crippen molar-refractivity contribution in [1.29, 1.82) is 0 Å². The zero-order chi connectivity index (χ0) is 17.1. The lowest BCUT2D eigenvalue weighted by Gasteiger charge is -2.13. The molecule has 0 aliphatic rings. The van der Waals surface area contributed by atoms with Gasteiger partial charge in [-0.15, -0.1) is 0 Å². The molecule has 0 saturated heterocycles.